The predicted octanol–water partition coefficient (Wildman–Crippen LogP) is 6.12. The molecule has 0 saturated carbocycles. The maximum Gasteiger partial charge on any atom is 0.341 e. The smallest absolute Gasteiger partial charge is 0.341 e. The van der Waals surface area contributed by atoms with Crippen LogP contribution in [-0.2, 0) is 9.53 Å². The summed E-state index contributed by atoms with van der Waals surface area (Å²) in [5, 5.41) is 3.82. The topological polar surface area (TPSA) is 55.4 Å². The van der Waals surface area contributed by atoms with Crippen LogP contribution in [0.25, 0.3) is 17.2 Å². The van der Waals surface area contributed by atoms with Gasteiger partial charge in [0, 0.05) is 21.5 Å². The van der Waals surface area contributed by atoms with Gasteiger partial charge in [0.15, 0.2) is 0 Å². The molecule has 1 heterocycles. The Morgan fingerprint density at radius 1 is 1.10 bits per heavy atom. The Balaban J connectivity index is 1.92. The number of esters is 1. The van der Waals surface area contributed by atoms with E-state index < -0.39 is 5.97 Å². The molecule has 1 N–H and O–H groups in total. The monoisotopic (exact) mass is 425 g/mol. The van der Waals surface area contributed by atoms with Crippen LogP contribution in [-0.4, -0.2) is 19.0 Å². The third-order valence-electron chi connectivity index (χ3n) is 4.33. The Bertz CT molecular complexity index is 1080. The molecule has 6 heteroatoms. The lowest BCUT2D eigenvalue weighted by Gasteiger charge is -2.07. The fraction of sp³-hybridized carbons (Fsp3) is 0.130. The van der Waals surface area contributed by atoms with Crippen molar-refractivity contribution < 1.29 is 14.3 Å². The molecule has 0 unspecified atom stereocenters. The molecule has 0 fully saturated rings. The van der Waals surface area contributed by atoms with Crippen LogP contribution in [0.2, 0.25) is 5.02 Å². The van der Waals surface area contributed by atoms with Crippen LogP contribution in [0.3, 0.4) is 0 Å². The number of benzene rings is 2. The van der Waals surface area contributed by atoms with Gasteiger partial charge in [-0.25, -0.2) is 4.79 Å². The van der Waals surface area contributed by atoms with Crippen molar-refractivity contribution in [2.45, 2.75) is 13.8 Å². The molecule has 148 valence electrons. The van der Waals surface area contributed by atoms with Crippen molar-refractivity contribution in [3.05, 3.63) is 81.2 Å². The Labute approximate surface area is 178 Å². The lowest BCUT2D eigenvalue weighted by Crippen LogP contribution is -2.11. The number of ether oxygens (including phenoxy) is 1. The molecule has 0 aliphatic rings. The molecule has 0 radical (unpaired) electrons. The summed E-state index contributed by atoms with van der Waals surface area (Å²) in [5.74, 6) is -0.836. The second kappa shape index (κ2) is 9.07. The first kappa shape index (κ1) is 20.8. The number of nitrogens with one attached hydrogen (secondary N) is 1. The maximum absolute atomic E-state index is 12.5. The number of anilines is 1. The minimum Gasteiger partial charge on any atom is -0.465 e. The molecule has 1 amide bonds. The Morgan fingerprint density at radius 2 is 1.83 bits per heavy atom. The Kier molecular flexibility index (Phi) is 6.52. The van der Waals surface area contributed by atoms with Gasteiger partial charge in [-0.15, -0.1) is 11.3 Å². The van der Waals surface area contributed by atoms with Crippen molar-refractivity contribution >= 4 is 45.9 Å². The molecule has 4 nitrogen and oxygen atoms in total. The summed E-state index contributed by atoms with van der Waals surface area (Å²) >= 11 is 7.45. The van der Waals surface area contributed by atoms with Gasteiger partial charge in [-0.1, -0.05) is 53.6 Å². The first-order valence-corrected chi connectivity index (χ1v) is 10.1. The molecule has 29 heavy (non-hydrogen) atoms. The van der Waals surface area contributed by atoms with E-state index in [1.807, 2.05) is 50.2 Å². The van der Waals surface area contributed by atoms with Crippen molar-refractivity contribution in [2.75, 3.05) is 12.4 Å². The molecule has 0 bridgehead atoms. The van der Waals surface area contributed by atoms with Crippen LogP contribution in [0.5, 0.6) is 0 Å². The summed E-state index contributed by atoms with van der Waals surface area (Å²) in [6.45, 7) is 3.90. The number of methoxy groups -OCH3 is 1. The van der Waals surface area contributed by atoms with Gasteiger partial charge in [0.05, 0.1) is 7.11 Å². The van der Waals surface area contributed by atoms with E-state index in [0.29, 0.717) is 21.2 Å². The molecule has 0 spiro atoms. The molecule has 0 atom stereocenters. The average Bonchev–Trinajstić information content (AvgIpc) is 3.02. The summed E-state index contributed by atoms with van der Waals surface area (Å²) in [6, 6.07) is 15.1. The minimum absolute atomic E-state index is 0.324. The van der Waals surface area contributed by atoms with Gasteiger partial charge < -0.3 is 10.1 Å². The number of amides is 1. The highest BCUT2D eigenvalue weighted by Crippen LogP contribution is 2.40. The summed E-state index contributed by atoms with van der Waals surface area (Å²) in [5.41, 5.74) is 3.90. The highest BCUT2D eigenvalue weighted by Gasteiger charge is 2.24. The van der Waals surface area contributed by atoms with E-state index in [1.165, 1.54) is 24.5 Å². The lowest BCUT2D eigenvalue weighted by atomic mass is 10.0. The summed E-state index contributed by atoms with van der Waals surface area (Å²) < 4.78 is 4.97. The summed E-state index contributed by atoms with van der Waals surface area (Å²) in [6.07, 6.45) is 3.17. The normalized spacial score (nSPS) is 10.9. The second-order valence-corrected chi connectivity index (χ2v) is 8.13. The summed E-state index contributed by atoms with van der Waals surface area (Å²) in [7, 11) is 1.32. The van der Waals surface area contributed by atoms with E-state index in [0.717, 1.165) is 21.6 Å². The van der Waals surface area contributed by atoms with Crippen molar-refractivity contribution in [1.29, 1.82) is 0 Å². The molecule has 3 rings (SSSR count). The average molecular weight is 426 g/mol. The van der Waals surface area contributed by atoms with E-state index in [1.54, 1.807) is 18.2 Å². The zero-order valence-electron chi connectivity index (χ0n) is 16.3. The zero-order chi connectivity index (χ0) is 21.0. The van der Waals surface area contributed by atoms with E-state index in [-0.39, 0.29) is 5.91 Å². The van der Waals surface area contributed by atoms with Gasteiger partial charge >= 0.3 is 5.97 Å². The lowest BCUT2D eigenvalue weighted by molar-refractivity contribution is -0.111. The SMILES string of the molecule is COC(=O)c1c(NC(=O)/C=C/c2ccc(C)cc2)sc(C)c1-c1cccc(Cl)c1. The van der Waals surface area contributed by atoms with E-state index >= 15 is 0 Å². The van der Waals surface area contributed by atoms with Gasteiger partial charge in [0.25, 0.3) is 0 Å². The van der Waals surface area contributed by atoms with Crippen molar-refractivity contribution in [3.63, 3.8) is 0 Å². The van der Waals surface area contributed by atoms with Gasteiger partial charge in [-0.3, -0.25) is 4.79 Å². The third kappa shape index (κ3) is 4.94. The van der Waals surface area contributed by atoms with Gasteiger partial charge in [-0.2, -0.15) is 0 Å². The van der Waals surface area contributed by atoms with Crippen LogP contribution < -0.4 is 5.32 Å². The number of hydrogen-bond acceptors (Lipinski definition) is 4. The first-order valence-electron chi connectivity index (χ1n) is 8.92. The maximum atomic E-state index is 12.5. The number of aryl methyl sites for hydroxylation is 2. The van der Waals surface area contributed by atoms with Crippen LogP contribution in [0.4, 0.5) is 5.00 Å². The Hall–Kier alpha value is -2.89. The van der Waals surface area contributed by atoms with Crippen molar-refractivity contribution in [1.82, 2.24) is 0 Å². The fourth-order valence-corrected chi connectivity index (χ4v) is 4.18. The van der Waals surface area contributed by atoms with Gasteiger partial charge in [0.2, 0.25) is 5.91 Å². The van der Waals surface area contributed by atoms with E-state index in [4.69, 9.17) is 16.3 Å². The quantitative estimate of drug-likeness (QED) is 0.395. The molecular formula is C23H20ClNO3S. The predicted molar refractivity (Wildman–Crippen MR) is 120 cm³/mol. The number of hydrogen-bond donors (Lipinski definition) is 1. The number of carbonyl (C=O) groups is 2. The third-order valence-corrected chi connectivity index (χ3v) is 5.58. The molecule has 1 aromatic heterocycles. The van der Waals surface area contributed by atoms with Crippen LogP contribution in [0.1, 0.15) is 26.4 Å². The zero-order valence-corrected chi connectivity index (χ0v) is 17.9. The van der Waals surface area contributed by atoms with Crippen LogP contribution in [0, 0.1) is 13.8 Å². The fourth-order valence-electron chi connectivity index (χ4n) is 2.92. The van der Waals surface area contributed by atoms with Crippen molar-refractivity contribution in [3.8, 4) is 11.1 Å². The van der Waals surface area contributed by atoms with Gasteiger partial charge in [0.1, 0.15) is 10.6 Å². The Morgan fingerprint density at radius 3 is 2.48 bits per heavy atom. The van der Waals surface area contributed by atoms with Crippen molar-refractivity contribution in [2.24, 2.45) is 0 Å². The number of carbonyl (C=O) groups excluding carboxylic acids is 2. The highest BCUT2D eigenvalue weighted by atomic mass is 35.5. The molecular weight excluding hydrogens is 406 g/mol. The number of halogens is 1. The second-order valence-electron chi connectivity index (χ2n) is 6.47. The standard InChI is InChI=1S/C23H20ClNO3S/c1-14-7-9-16(10-8-14)11-12-19(26)25-22-21(23(27)28-3)20(15(2)29-22)17-5-4-6-18(24)13-17/h4-13H,1-3H3,(H,25,26)/b12-11+. The highest BCUT2D eigenvalue weighted by molar-refractivity contribution is 7.17. The van der Waals surface area contributed by atoms with E-state index in [9.17, 15) is 9.59 Å². The minimum atomic E-state index is -0.512. The molecule has 2 aromatic carbocycles. The molecule has 0 aliphatic carbocycles. The number of rotatable bonds is 5. The number of thiophene rings is 1. The molecule has 3 aromatic rings. The van der Waals surface area contributed by atoms with Gasteiger partial charge in [-0.05, 0) is 43.2 Å². The first-order chi connectivity index (χ1) is 13.9. The van der Waals surface area contributed by atoms with E-state index in [2.05, 4.69) is 5.32 Å². The largest absolute Gasteiger partial charge is 0.465 e. The van der Waals surface area contributed by atoms with Crippen LogP contribution in [0.15, 0.2) is 54.6 Å². The van der Waals surface area contributed by atoms with Crippen LogP contribution >= 0.6 is 22.9 Å². The molecule has 0 saturated heterocycles. The molecule has 0 aliphatic heterocycles. The summed E-state index contributed by atoms with van der Waals surface area (Å²) in [4.78, 5) is 25.8.